The largest absolute Gasteiger partial charge is 3.00 e. The minimum Gasteiger partial charge on any atom is -0.872 e. The second-order valence-electron chi connectivity index (χ2n) is 9.34. The fourth-order valence-electron chi connectivity index (χ4n) is 4.17. The van der Waals surface area contributed by atoms with Crippen LogP contribution in [0.2, 0.25) is 0 Å². The molecule has 0 saturated carbocycles. The number of thiocarbonyl (C=S) groups is 1. The number of isothiocyanates is 1. The van der Waals surface area contributed by atoms with Crippen LogP contribution in [0.4, 0.5) is 11.4 Å². The Hall–Kier alpha value is -5.95. The minimum atomic E-state index is -0.0901. The zero-order valence-electron chi connectivity index (χ0n) is 26.6. The molecule has 2 heterocycles. The van der Waals surface area contributed by atoms with Gasteiger partial charge in [0.15, 0.2) is 0 Å². The number of nitriles is 1. The summed E-state index contributed by atoms with van der Waals surface area (Å²) >= 11 is 3.70. The summed E-state index contributed by atoms with van der Waals surface area (Å²) in [6.45, 7) is 1.43. The van der Waals surface area contributed by atoms with Gasteiger partial charge in [-0.05, 0) is 59.7 Å². The molecule has 6 rings (SSSR count). The third kappa shape index (κ3) is 11.7. The summed E-state index contributed by atoms with van der Waals surface area (Å²) in [5.74, 6) is 1.08. The number of nitrogens with zero attached hydrogens (tertiary/aromatic N) is 6. The molecule has 0 bridgehead atoms. The molecular formula is C37H29FeN6O4S. The number of methoxy groups -OCH3 is 2. The van der Waals surface area contributed by atoms with Crippen LogP contribution in [-0.4, -0.2) is 41.8 Å². The molecule has 4 aromatic carbocycles. The number of ether oxygens (including phenoxy) is 2. The Balaban J connectivity index is 0.000000288. The molecule has 0 amide bonds. The molecule has 245 valence electrons. The molecule has 0 saturated heterocycles. The number of benzene rings is 4. The van der Waals surface area contributed by atoms with Crippen LogP contribution < -0.4 is 19.7 Å². The minimum absolute atomic E-state index is 0. The molecule has 6 aromatic rings. The number of fused-ring (bicyclic) bond motifs is 2. The Morgan fingerprint density at radius 3 is 1.45 bits per heavy atom. The predicted molar refractivity (Wildman–Crippen MR) is 190 cm³/mol. The van der Waals surface area contributed by atoms with Crippen molar-refractivity contribution in [3.05, 3.63) is 126 Å². The van der Waals surface area contributed by atoms with Crippen molar-refractivity contribution in [3.63, 3.8) is 0 Å². The molecule has 0 aliphatic heterocycles. The Morgan fingerprint density at radius 1 is 0.714 bits per heavy atom. The van der Waals surface area contributed by atoms with E-state index in [1.165, 1.54) is 24.2 Å². The van der Waals surface area contributed by atoms with Gasteiger partial charge >= 0.3 is 17.1 Å². The summed E-state index contributed by atoms with van der Waals surface area (Å²) in [5.41, 5.74) is 4.06. The molecule has 0 N–H and O–H groups in total. The quantitative estimate of drug-likeness (QED) is 0.0987. The van der Waals surface area contributed by atoms with Gasteiger partial charge in [-0.3, -0.25) is 20.0 Å². The van der Waals surface area contributed by atoms with Gasteiger partial charge < -0.3 is 25.1 Å². The molecule has 0 spiro atoms. The molecule has 1 radical (unpaired) electrons. The molecule has 0 fully saturated rings. The van der Waals surface area contributed by atoms with E-state index in [0.717, 1.165) is 33.2 Å². The standard InChI is InChI=1S/2C17H14N2O2.C2H3N.CNS.Fe/c2*1-21-14-7-8-16(20)13(10-14)11-19-15-6-2-4-12-5-3-9-18-17(12)15;1-2-3;2-1-3;/h2*2-11,20H,1H3;1H3;;/q;;;-1;+3/p-2. The van der Waals surface area contributed by atoms with Crippen LogP contribution in [0.3, 0.4) is 0 Å². The number of hydrogen-bond donors (Lipinski definition) is 0. The van der Waals surface area contributed by atoms with Crippen LogP contribution in [0.1, 0.15) is 18.1 Å². The Kier molecular flexibility index (Phi) is 16.8. The van der Waals surface area contributed by atoms with Gasteiger partial charge in [0.25, 0.3) is 0 Å². The number of pyridine rings is 2. The van der Waals surface area contributed by atoms with E-state index in [1.807, 2.05) is 60.7 Å². The number of hydrogen-bond acceptors (Lipinski definition) is 10. The Morgan fingerprint density at radius 2 is 1.08 bits per heavy atom. The first-order valence-corrected chi connectivity index (χ1v) is 14.6. The van der Waals surface area contributed by atoms with Gasteiger partial charge in [0, 0.05) is 42.5 Å². The van der Waals surface area contributed by atoms with Gasteiger partial charge in [0.1, 0.15) is 11.5 Å². The normalized spacial score (nSPS) is 9.84. The average Bonchev–Trinajstić information content (AvgIpc) is 3.12. The summed E-state index contributed by atoms with van der Waals surface area (Å²) in [6.07, 6.45) is 6.56. The number of aromatic nitrogens is 2. The number of rotatable bonds is 6. The van der Waals surface area contributed by atoms with Crippen molar-refractivity contribution in [3.8, 4) is 29.1 Å². The Bertz CT molecular complexity index is 1960. The van der Waals surface area contributed by atoms with E-state index in [9.17, 15) is 10.2 Å². The zero-order valence-corrected chi connectivity index (χ0v) is 28.5. The fraction of sp³-hybridized carbons (Fsp3) is 0.0811. The van der Waals surface area contributed by atoms with E-state index in [4.69, 9.17) is 20.1 Å². The van der Waals surface area contributed by atoms with Crippen molar-refractivity contribution in [2.45, 2.75) is 6.92 Å². The van der Waals surface area contributed by atoms with Crippen LogP contribution >= 0.6 is 12.2 Å². The number of para-hydroxylation sites is 2. The molecule has 0 atom stereocenters. The van der Waals surface area contributed by atoms with Crippen LogP contribution in [0, 0.1) is 11.3 Å². The average molecular weight is 710 g/mol. The molecular weight excluding hydrogens is 680 g/mol. The first-order chi connectivity index (χ1) is 23.4. The van der Waals surface area contributed by atoms with Crippen LogP contribution in [0.15, 0.2) is 119 Å². The van der Waals surface area contributed by atoms with E-state index >= 15 is 0 Å². The van der Waals surface area contributed by atoms with E-state index in [-0.39, 0.29) is 28.6 Å². The second-order valence-corrected chi connectivity index (χ2v) is 9.53. The van der Waals surface area contributed by atoms with Gasteiger partial charge in [0.05, 0.1) is 42.7 Å². The summed E-state index contributed by atoms with van der Waals surface area (Å²) in [7, 11) is 3.13. The molecule has 0 aliphatic rings. The van der Waals surface area contributed by atoms with Crippen LogP contribution in [0.5, 0.6) is 23.0 Å². The van der Waals surface area contributed by atoms with Gasteiger partial charge in [0.2, 0.25) is 0 Å². The first kappa shape index (κ1) is 39.2. The summed E-state index contributed by atoms with van der Waals surface area (Å²) in [6, 6.07) is 30.6. The van der Waals surface area contributed by atoms with Gasteiger partial charge in [-0.1, -0.05) is 72.2 Å². The molecule has 0 aliphatic carbocycles. The van der Waals surface area contributed by atoms with Gasteiger partial charge in [-0.15, -0.1) is 0 Å². The van der Waals surface area contributed by atoms with Crippen LogP contribution in [-0.2, 0) is 17.1 Å². The van der Waals surface area contributed by atoms with Crippen molar-refractivity contribution in [1.29, 1.82) is 5.26 Å². The van der Waals surface area contributed by atoms with Crippen LogP contribution in [0.25, 0.3) is 27.2 Å². The smallest absolute Gasteiger partial charge is 0.872 e. The first-order valence-electron chi connectivity index (χ1n) is 14.2. The van der Waals surface area contributed by atoms with E-state index in [1.54, 1.807) is 69.4 Å². The monoisotopic (exact) mass is 709 g/mol. The van der Waals surface area contributed by atoms with E-state index in [2.05, 4.69) is 32.2 Å². The molecule has 2 aromatic heterocycles. The third-order valence-corrected chi connectivity index (χ3v) is 6.34. The van der Waals surface area contributed by atoms with Crippen molar-refractivity contribution < 1.29 is 36.8 Å². The predicted octanol–water partition coefficient (Wildman–Crippen LogP) is 7.32. The fourth-order valence-corrected chi connectivity index (χ4v) is 4.17. The SMILES string of the molecule is CC#N.COc1ccc([O-])c(C=Nc2cccc3cccnc23)c1.COc1ccc([O-])c(C=Nc2cccc3cccnc23)c1.[Fe+3].[N-]=C=S. The van der Waals surface area contributed by atoms with Crippen molar-refractivity contribution in [2.75, 3.05) is 14.2 Å². The van der Waals surface area contributed by atoms with Crippen molar-refractivity contribution >= 4 is 63.0 Å². The molecule has 10 nitrogen and oxygen atoms in total. The third-order valence-electron chi connectivity index (χ3n) is 6.34. The maximum absolute atomic E-state index is 11.8. The molecule has 0 unspecified atom stereocenters. The summed E-state index contributed by atoms with van der Waals surface area (Å²) in [4.78, 5) is 17.5. The Labute approximate surface area is 300 Å². The van der Waals surface area contributed by atoms with Gasteiger partial charge in [-0.25, -0.2) is 0 Å². The van der Waals surface area contributed by atoms with Crippen molar-refractivity contribution in [1.82, 2.24) is 9.97 Å². The summed E-state index contributed by atoms with van der Waals surface area (Å²) in [5, 5.41) is 41.4. The maximum atomic E-state index is 11.8. The number of aliphatic imine (C=N–C) groups is 2. The molecule has 12 heteroatoms. The summed E-state index contributed by atoms with van der Waals surface area (Å²) < 4.78 is 10.2. The van der Waals surface area contributed by atoms with E-state index < -0.39 is 0 Å². The zero-order chi connectivity index (χ0) is 34.7. The van der Waals surface area contributed by atoms with Gasteiger partial charge in [-0.2, -0.15) is 10.4 Å². The van der Waals surface area contributed by atoms with E-state index in [0.29, 0.717) is 22.6 Å². The van der Waals surface area contributed by atoms with Crippen molar-refractivity contribution in [2.24, 2.45) is 9.98 Å². The second kappa shape index (κ2) is 21.0. The topological polar surface area (TPSA) is 161 Å². The maximum Gasteiger partial charge on any atom is 3.00 e. The molecule has 49 heavy (non-hydrogen) atoms.